The van der Waals surface area contributed by atoms with Crippen LogP contribution in [-0.2, 0) is 6.18 Å². The Kier molecular flexibility index (Phi) is 5.36. The molecule has 0 bridgehead atoms. The second kappa shape index (κ2) is 7.55. The van der Waals surface area contributed by atoms with Crippen LogP contribution in [0.2, 0.25) is 0 Å². The van der Waals surface area contributed by atoms with E-state index in [1.165, 1.54) is 12.1 Å². The summed E-state index contributed by atoms with van der Waals surface area (Å²) in [4.78, 5) is 1.59. The van der Waals surface area contributed by atoms with Crippen LogP contribution in [0.4, 0.5) is 27.6 Å². The lowest BCUT2D eigenvalue weighted by molar-refractivity contribution is -0.137. The van der Waals surface area contributed by atoms with E-state index in [1.807, 2.05) is 6.07 Å². The molecule has 0 radical (unpaired) electrons. The Morgan fingerprint density at radius 2 is 1.59 bits per heavy atom. The largest absolute Gasteiger partial charge is 0.416 e. The van der Waals surface area contributed by atoms with Gasteiger partial charge in [0.05, 0.1) is 23.2 Å². The molecule has 1 aliphatic heterocycles. The van der Waals surface area contributed by atoms with Gasteiger partial charge in [0.25, 0.3) is 6.43 Å². The van der Waals surface area contributed by atoms with Crippen LogP contribution >= 0.6 is 0 Å². The van der Waals surface area contributed by atoms with Crippen LogP contribution in [0, 0.1) is 11.3 Å². The smallest absolute Gasteiger partial charge is 0.362 e. The normalized spacial score (nSPS) is 20.6. The zero-order chi connectivity index (χ0) is 19.6. The molecule has 0 saturated carbocycles. The molecule has 2 aromatic carbocycles. The molecule has 27 heavy (non-hydrogen) atoms. The average Bonchev–Trinajstić information content (AvgIpc) is 2.67. The number of anilines is 1. The van der Waals surface area contributed by atoms with E-state index >= 15 is 0 Å². The van der Waals surface area contributed by atoms with Crippen molar-refractivity contribution < 1.29 is 22.0 Å². The van der Waals surface area contributed by atoms with E-state index in [9.17, 15) is 22.0 Å². The van der Waals surface area contributed by atoms with Gasteiger partial charge < -0.3 is 4.90 Å². The number of nitrogens with zero attached hydrogens (tertiary/aromatic N) is 2. The van der Waals surface area contributed by atoms with E-state index in [0.29, 0.717) is 23.2 Å². The highest BCUT2D eigenvalue weighted by Gasteiger charge is 2.35. The molecule has 1 unspecified atom stereocenters. The summed E-state index contributed by atoms with van der Waals surface area (Å²) < 4.78 is 65.2. The Morgan fingerprint density at radius 3 is 2.11 bits per heavy atom. The Hall–Kier alpha value is -2.62. The van der Waals surface area contributed by atoms with Crippen LogP contribution in [0.1, 0.15) is 35.4 Å². The summed E-state index contributed by atoms with van der Waals surface area (Å²) in [7, 11) is 0. The molecular formula is C20H17F5N2. The molecule has 1 aliphatic rings. The number of rotatable bonds is 3. The lowest BCUT2D eigenvalue weighted by Gasteiger charge is -2.41. The maximum absolute atomic E-state index is 13.5. The molecule has 142 valence electrons. The minimum absolute atomic E-state index is 0.141. The summed E-state index contributed by atoms with van der Waals surface area (Å²) in [6, 6.07) is 12.3. The van der Waals surface area contributed by atoms with Crippen molar-refractivity contribution in [1.82, 2.24) is 0 Å². The molecule has 2 nitrogen and oxygen atoms in total. The first-order valence-electron chi connectivity index (χ1n) is 8.51. The Balaban J connectivity index is 1.84. The second-order valence-corrected chi connectivity index (χ2v) is 6.61. The van der Waals surface area contributed by atoms with E-state index in [-0.39, 0.29) is 18.9 Å². The maximum atomic E-state index is 13.5. The highest BCUT2D eigenvalue weighted by atomic mass is 19.4. The number of benzene rings is 2. The maximum Gasteiger partial charge on any atom is 0.416 e. The van der Waals surface area contributed by atoms with Gasteiger partial charge in [-0.1, -0.05) is 12.1 Å². The summed E-state index contributed by atoms with van der Waals surface area (Å²) in [5.74, 6) is -0.141. The fraction of sp³-hybridized carbons (Fsp3) is 0.350. The summed E-state index contributed by atoms with van der Waals surface area (Å²) >= 11 is 0. The van der Waals surface area contributed by atoms with E-state index in [4.69, 9.17) is 5.26 Å². The standard InChI is InChI=1S/C20H17F5N2/c21-19(22)18-10-5-15(14-3-6-16(7-4-14)20(23,24)25)12-27(18)17-8-1-13(11-26)2-9-17/h1-4,6-9,15,18-19H,5,10,12H2/t15?,18-/m0/s1. The highest BCUT2D eigenvalue weighted by molar-refractivity contribution is 5.52. The predicted molar refractivity (Wildman–Crippen MR) is 91.7 cm³/mol. The Labute approximate surface area is 153 Å². The summed E-state index contributed by atoms with van der Waals surface area (Å²) in [6.07, 6.45) is -6.22. The van der Waals surface area contributed by atoms with Crippen molar-refractivity contribution >= 4 is 5.69 Å². The third kappa shape index (κ3) is 4.21. The third-order valence-corrected chi connectivity index (χ3v) is 4.96. The van der Waals surface area contributed by atoms with Gasteiger partial charge in [-0.25, -0.2) is 8.78 Å². The fourth-order valence-electron chi connectivity index (χ4n) is 3.49. The topological polar surface area (TPSA) is 27.0 Å². The van der Waals surface area contributed by atoms with Crippen molar-refractivity contribution in [3.63, 3.8) is 0 Å². The molecule has 1 saturated heterocycles. The monoisotopic (exact) mass is 380 g/mol. The molecule has 0 spiro atoms. The van der Waals surface area contributed by atoms with Gasteiger partial charge in [0.15, 0.2) is 0 Å². The molecule has 0 aliphatic carbocycles. The number of alkyl halides is 5. The zero-order valence-electron chi connectivity index (χ0n) is 14.3. The van der Waals surface area contributed by atoms with E-state index in [2.05, 4.69) is 0 Å². The number of halogens is 5. The van der Waals surface area contributed by atoms with Crippen molar-refractivity contribution in [2.75, 3.05) is 11.4 Å². The summed E-state index contributed by atoms with van der Waals surface area (Å²) in [6.45, 7) is 0.284. The predicted octanol–water partition coefficient (Wildman–Crippen LogP) is 5.59. The second-order valence-electron chi connectivity index (χ2n) is 6.61. The van der Waals surface area contributed by atoms with E-state index < -0.39 is 24.2 Å². The third-order valence-electron chi connectivity index (χ3n) is 4.96. The first-order valence-corrected chi connectivity index (χ1v) is 8.51. The molecule has 2 atom stereocenters. The minimum atomic E-state index is -4.40. The molecule has 7 heteroatoms. The zero-order valence-corrected chi connectivity index (χ0v) is 14.3. The van der Waals surface area contributed by atoms with Gasteiger partial charge >= 0.3 is 6.18 Å². The minimum Gasteiger partial charge on any atom is -0.362 e. The van der Waals surface area contributed by atoms with Gasteiger partial charge in [0.2, 0.25) is 0 Å². The molecule has 3 rings (SSSR count). The first kappa shape index (κ1) is 19.2. The summed E-state index contributed by atoms with van der Waals surface area (Å²) in [5.41, 5.74) is 0.991. The number of nitriles is 1. The van der Waals surface area contributed by atoms with Crippen molar-refractivity contribution in [2.45, 2.75) is 37.4 Å². The number of hydrogen-bond acceptors (Lipinski definition) is 2. The van der Waals surface area contributed by atoms with Crippen LogP contribution in [0.5, 0.6) is 0 Å². The van der Waals surface area contributed by atoms with E-state index in [1.54, 1.807) is 29.2 Å². The molecule has 0 N–H and O–H groups in total. The Bertz CT molecular complexity index is 806. The first-order chi connectivity index (χ1) is 12.8. The lowest BCUT2D eigenvalue weighted by Crippen LogP contribution is -2.46. The van der Waals surface area contributed by atoms with Crippen LogP contribution in [-0.4, -0.2) is 19.0 Å². The quantitative estimate of drug-likeness (QED) is 0.649. The van der Waals surface area contributed by atoms with Crippen LogP contribution in [0.25, 0.3) is 0 Å². The highest BCUT2D eigenvalue weighted by Crippen LogP contribution is 2.37. The average molecular weight is 380 g/mol. The van der Waals surface area contributed by atoms with Gasteiger partial charge in [0, 0.05) is 18.2 Å². The number of piperidine rings is 1. The Morgan fingerprint density at radius 1 is 0.963 bits per heavy atom. The van der Waals surface area contributed by atoms with Gasteiger partial charge in [-0.05, 0) is 54.8 Å². The van der Waals surface area contributed by atoms with Gasteiger partial charge in [-0.15, -0.1) is 0 Å². The van der Waals surface area contributed by atoms with Crippen molar-refractivity contribution in [2.24, 2.45) is 0 Å². The van der Waals surface area contributed by atoms with Gasteiger partial charge in [0.1, 0.15) is 0 Å². The van der Waals surface area contributed by atoms with Crippen LogP contribution in [0.3, 0.4) is 0 Å². The lowest BCUT2D eigenvalue weighted by atomic mass is 9.86. The molecule has 1 heterocycles. The van der Waals surface area contributed by atoms with Crippen molar-refractivity contribution in [3.8, 4) is 6.07 Å². The van der Waals surface area contributed by atoms with Crippen molar-refractivity contribution in [1.29, 1.82) is 5.26 Å². The molecular weight excluding hydrogens is 363 g/mol. The molecule has 0 amide bonds. The van der Waals surface area contributed by atoms with Crippen LogP contribution in [0.15, 0.2) is 48.5 Å². The summed E-state index contributed by atoms with van der Waals surface area (Å²) in [5, 5.41) is 8.89. The molecule has 2 aromatic rings. The molecule has 1 fully saturated rings. The molecule has 0 aromatic heterocycles. The SMILES string of the molecule is N#Cc1ccc(N2CC(c3ccc(C(F)(F)F)cc3)CC[C@H]2C(F)F)cc1. The fourth-order valence-corrected chi connectivity index (χ4v) is 3.49. The van der Waals surface area contributed by atoms with Gasteiger partial charge in [-0.3, -0.25) is 0 Å². The van der Waals surface area contributed by atoms with Crippen molar-refractivity contribution in [3.05, 3.63) is 65.2 Å². The number of hydrogen-bond donors (Lipinski definition) is 0. The van der Waals surface area contributed by atoms with Crippen LogP contribution < -0.4 is 4.90 Å². The van der Waals surface area contributed by atoms with E-state index in [0.717, 1.165) is 12.1 Å². The van der Waals surface area contributed by atoms with Gasteiger partial charge in [-0.2, -0.15) is 18.4 Å².